The summed E-state index contributed by atoms with van der Waals surface area (Å²) in [5.74, 6) is -0.685. The molecule has 0 aliphatic carbocycles. The lowest BCUT2D eigenvalue weighted by Gasteiger charge is -2.20. The van der Waals surface area contributed by atoms with E-state index in [9.17, 15) is 19.2 Å². The van der Waals surface area contributed by atoms with Gasteiger partial charge >= 0.3 is 0 Å². The number of benzene rings is 2. The van der Waals surface area contributed by atoms with Gasteiger partial charge in [-0.15, -0.1) is 0 Å². The number of hydrogen-bond donors (Lipinski definition) is 3. The second-order valence-electron chi connectivity index (χ2n) is 9.78. The number of rotatable bonds is 15. The van der Waals surface area contributed by atoms with Gasteiger partial charge in [0.15, 0.2) is 5.78 Å². The maximum Gasteiger partial charge on any atom is 0.242 e. The zero-order valence-electron chi connectivity index (χ0n) is 24.4. The zero-order chi connectivity index (χ0) is 30.3. The van der Waals surface area contributed by atoms with E-state index in [1.165, 1.54) is 19.6 Å². The smallest absolute Gasteiger partial charge is 0.242 e. The van der Waals surface area contributed by atoms with Crippen LogP contribution in [0.1, 0.15) is 35.7 Å². The van der Waals surface area contributed by atoms with E-state index in [0.717, 1.165) is 11.3 Å². The monoisotopic (exact) mass is 577 g/mol. The number of ketones is 1. The van der Waals surface area contributed by atoms with Crippen molar-refractivity contribution in [3.05, 3.63) is 65.7 Å². The van der Waals surface area contributed by atoms with Gasteiger partial charge in [-0.05, 0) is 44.9 Å². The van der Waals surface area contributed by atoms with Gasteiger partial charge in [0, 0.05) is 11.4 Å². The Balaban J connectivity index is 0. The normalized spacial score (nSPS) is 16.7. The molecule has 1 saturated heterocycles. The van der Waals surface area contributed by atoms with Crippen molar-refractivity contribution in [2.75, 3.05) is 40.8 Å². The van der Waals surface area contributed by atoms with Gasteiger partial charge in [-0.1, -0.05) is 48.0 Å². The fraction of sp³-hybridized carbons (Fsp3) is 0.467. The van der Waals surface area contributed by atoms with E-state index in [-0.39, 0.29) is 42.3 Å². The first-order chi connectivity index (χ1) is 19.6. The lowest BCUT2D eigenvalue weighted by atomic mass is 9.95. The Hall–Kier alpha value is -3.80. The van der Waals surface area contributed by atoms with Crippen LogP contribution in [0.4, 0.5) is 0 Å². The summed E-state index contributed by atoms with van der Waals surface area (Å²) in [6.45, 7) is 5.48. The molecule has 0 unspecified atom stereocenters. The molecular weight excluding hydrogens is 530 g/mol. The molecule has 0 saturated carbocycles. The van der Waals surface area contributed by atoms with Gasteiger partial charge in [-0.25, -0.2) is 0 Å². The third-order valence-corrected chi connectivity index (χ3v) is 6.16. The molecule has 0 aromatic heterocycles. The van der Waals surface area contributed by atoms with Crippen molar-refractivity contribution in [2.45, 2.75) is 51.3 Å². The van der Waals surface area contributed by atoms with Gasteiger partial charge in [-0.2, -0.15) is 0 Å². The minimum absolute atomic E-state index is 0. The molecule has 0 radical (unpaired) electrons. The molecule has 0 spiro atoms. The maximum absolute atomic E-state index is 12.8. The first-order valence-corrected chi connectivity index (χ1v) is 13.3. The highest BCUT2D eigenvalue weighted by molar-refractivity contribution is 5.97. The van der Waals surface area contributed by atoms with Crippen LogP contribution in [0.25, 0.3) is 0 Å². The van der Waals surface area contributed by atoms with Crippen molar-refractivity contribution in [1.29, 1.82) is 0 Å². The minimum Gasteiger partial charge on any atom is -0.497 e. The number of amides is 3. The van der Waals surface area contributed by atoms with Gasteiger partial charge in [0.2, 0.25) is 17.7 Å². The molecule has 2 aromatic rings. The highest BCUT2D eigenvalue weighted by Gasteiger charge is 2.50. The van der Waals surface area contributed by atoms with Crippen molar-refractivity contribution in [3.63, 3.8) is 0 Å². The van der Waals surface area contributed by atoms with Crippen molar-refractivity contribution in [2.24, 2.45) is 0 Å². The molecule has 3 rings (SSSR count). The summed E-state index contributed by atoms with van der Waals surface area (Å²) in [7, 11) is 3.15. The molecule has 2 aromatic carbocycles. The molecule has 41 heavy (non-hydrogen) atoms. The van der Waals surface area contributed by atoms with Crippen molar-refractivity contribution < 1.29 is 42.4 Å². The van der Waals surface area contributed by atoms with Crippen molar-refractivity contribution in [3.8, 4) is 5.75 Å². The molecule has 11 heteroatoms. The number of nitrogens with one attached hydrogen (secondary N) is 3. The van der Waals surface area contributed by atoms with Crippen LogP contribution in [0.2, 0.25) is 0 Å². The molecule has 1 fully saturated rings. The maximum atomic E-state index is 12.8. The molecule has 11 nitrogen and oxygen atoms in total. The van der Waals surface area contributed by atoms with Crippen LogP contribution in [0.15, 0.2) is 54.6 Å². The first kappa shape index (κ1) is 33.4. The van der Waals surface area contributed by atoms with E-state index in [1.54, 1.807) is 14.0 Å². The molecule has 3 amide bonds. The summed E-state index contributed by atoms with van der Waals surface area (Å²) in [5.41, 5.74) is 1.27. The molecule has 1 aliphatic rings. The average Bonchev–Trinajstić information content (AvgIpc) is 3.72. The Bertz CT molecular complexity index is 1140. The van der Waals surface area contributed by atoms with E-state index in [1.807, 2.05) is 54.6 Å². The molecule has 1 heterocycles. The van der Waals surface area contributed by atoms with Gasteiger partial charge in [0.25, 0.3) is 0 Å². The fourth-order valence-corrected chi connectivity index (χ4v) is 3.60. The summed E-state index contributed by atoms with van der Waals surface area (Å²) in [5, 5.41) is 7.68. The number of carbonyl (C=O) groups excluding carboxylic acids is 4. The summed E-state index contributed by atoms with van der Waals surface area (Å²) in [4.78, 5) is 49.2. The highest BCUT2D eigenvalue weighted by Crippen LogP contribution is 2.29. The number of Topliss-reactive ketones (excluding diaryl/α,β-unsaturated/α-hetero) is 1. The molecular formula is C30H47N3O8. The number of epoxide rings is 1. The number of hydrogen-bond acceptors (Lipinski definition) is 8. The van der Waals surface area contributed by atoms with Crippen LogP contribution in [0.3, 0.4) is 0 Å². The molecule has 1 aliphatic heterocycles. The van der Waals surface area contributed by atoms with Crippen LogP contribution in [-0.2, 0) is 39.8 Å². The third kappa shape index (κ3) is 12.5. The Morgan fingerprint density at radius 3 is 2.24 bits per heavy atom. The van der Waals surface area contributed by atoms with Crippen LogP contribution in [-0.4, -0.2) is 82.0 Å². The topological polar surface area (TPSA) is 145 Å². The van der Waals surface area contributed by atoms with Gasteiger partial charge in [0.05, 0.1) is 39.3 Å². The second kappa shape index (κ2) is 17.1. The van der Waals surface area contributed by atoms with E-state index in [4.69, 9.17) is 18.9 Å². The van der Waals surface area contributed by atoms with Gasteiger partial charge in [0.1, 0.15) is 24.2 Å². The zero-order valence-corrected chi connectivity index (χ0v) is 24.4. The van der Waals surface area contributed by atoms with Gasteiger partial charge in [-0.3, -0.25) is 19.2 Å². The summed E-state index contributed by atoms with van der Waals surface area (Å²) < 4.78 is 19.9. The first-order valence-electron chi connectivity index (χ1n) is 13.3. The fourth-order valence-electron chi connectivity index (χ4n) is 3.60. The number of carbonyl (C=O) groups is 4. The van der Waals surface area contributed by atoms with Gasteiger partial charge < -0.3 is 34.9 Å². The summed E-state index contributed by atoms with van der Waals surface area (Å²) >= 11 is 0. The Kier molecular flexibility index (Phi) is 13.9. The number of ether oxygens (including phenoxy) is 4. The highest BCUT2D eigenvalue weighted by atomic mass is 16.7. The predicted octanol–water partition coefficient (Wildman–Crippen LogP) is 2.45. The molecule has 3 atom stereocenters. The van der Waals surface area contributed by atoms with Crippen molar-refractivity contribution in [1.82, 2.24) is 16.0 Å². The quantitative estimate of drug-likeness (QED) is 0.166. The number of aryl methyl sites for hydroxylation is 1. The largest absolute Gasteiger partial charge is 0.497 e. The van der Waals surface area contributed by atoms with E-state index in [0.29, 0.717) is 13.0 Å². The Morgan fingerprint density at radius 1 is 1.00 bits per heavy atom. The average molecular weight is 578 g/mol. The van der Waals surface area contributed by atoms with Crippen molar-refractivity contribution >= 4 is 23.5 Å². The van der Waals surface area contributed by atoms with E-state index >= 15 is 0 Å². The van der Waals surface area contributed by atoms with Crippen LogP contribution in [0, 0.1) is 6.92 Å². The van der Waals surface area contributed by atoms with Crippen LogP contribution >= 0.6 is 0 Å². The van der Waals surface area contributed by atoms with E-state index < -0.39 is 29.5 Å². The molecule has 230 valence electrons. The molecule has 0 bridgehead atoms. The Labute approximate surface area is 245 Å². The lowest BCUT2D eigenvalue weighted by Crippen LogP contribution is -2.52. The SMILES string of the molecule is COCOCCC(=O)N[C@@H](C)C(=O)NCC(=O)N[C@@H](Cc1ccccc1)C(=O)[C@@]1(C)CO1.COc1ccc(C)cc1.[HH].[HH].[HH]. The Morgan fingerprint density at radius 2 is 1.66 bits per heavy atom. The van der Waals surface area contributed by atoms with Crippen LogP contribution < -0.4 is 20.7 Å². The van der Waals surface area contributed by atoms with E-state index in [2.05, 4.69) is 22.9 Å². The van der Waals surface area contributed by atoms with Crippen LogP contribution in [0.5, 0.6) is 5.75 Å². The second-order valence-corrected chi connectivity index (χ2v) is 9.78. The summed E-state index contributed by atoms with van der Waals surface area (Å²) in [6.07, 6.45) is 0.390. The predicted molar refractivity (Wildman–Crippen MR) is 159 cm³/mol. The summed E-state index contributed by atoms with van der Waals surface area (Å²) in [6, 6.07) is 15.7. The lowest BCUT2D eigenvalue weighted by molar-refractivity contribution is -0.132. The third-order valence-electron chi connectivity index (χ3n) is 6.16. The molecule has 3 N–H and O–H groups in total. The number of methoxy groups -OCH3 is 2. The standard InChI is InChI=1S/C22H31N3O7.C8H10O.3H2/c1-15(24-18(26)9-10-31-14-30-3)21(29)23-12-19(27)25-17(20(28)22(2)13-32-22)11-16-7-5-4-6-8-16;1-7-3-5-8(9-2)6-4-7;;;/h4-8,15,17H,9-14H2,1-3H3,(H,23,29)(H,24,26)(H,25,27);3-6H,1-2H3;3*1H/t15-,17-,22+;;;;/m0..../s1. The minimum atomic E-state index is -0.887.